The first-order valence-electron chi connectivity index (χ1n) is 9.83. The Morgan fingerprint density at radius 2 is 1.97 bits per heavy atom. The lowest BCUT2D eigenvalue weighted by molar-refractivity contribution is 0.425. The maximum atomic E-state index is 13.3. The monoisotopic (exact) mass is 406 g/mol. The van der Waals surface area contributed by atoms with Gasteiger partial charge in [0.1, 0.15) is 24.0 Å². The van der Waals surface area contributed by atoms with Crippen molar-refractivity contribution >= 4 is 5.82 Å². The van der Waals surface area contributed by atoms with Crippen LogP contribution in [0.25, 0.3) is 5.82 Å². The quantitative estimate of drug-likeness (QED) is 0.598. The third-order valence-corrected chi connectivity index (χ3v) is 5.53. The number of hydrazine groups is 1. The highest BCUT2D eigenvalue weighted by Crippen LogP contribution is 2.31. The summed E-state index contributed by atoms with van der Waals surface area (Å²) in [6, 6.07) is 10.6. The molecule has 2 aromatic heterocycles. The average molecular weight is 406 g/mol. The van der Waals surface area contributed by atoms with Crippen LogP contribution in [-0.2, 0) is 0 Å². The van der Waals surface area contributed by atoms with E-state index in [-0.39, 0.29) is 23.9 Å². The number of anilines is 1. The molecule has 0 bridgehead atoms. The smallest absolute Gasteiger partial charge is 0.159 e. The Bertz CT molecular complexity index is 1090. The highest BCUT2D eigenvalue weighted by molar-refractivity contribution is 5.45. The Balaban J connectivity index is 1.56. The Labute approximate surface area is 174 Å². The molecule has 3 atom stereocenters. The third kappa shape index (κ3) is 3.63. The molecule has 0 saturated carbocycles. The Hall–Kier alpha value is -3.35. The molecular formula is C21H23FN8. The second-order valence-electron chi connectivity index (χ2n) is 7.34. The van der Waals surface area contributed by atoms with Crippen LogP contribution in [0.1, 0.15) is 41.9 Å². The van der Waals surface area contributed by atoms with Crippen molar-refractivity contribution in [1.29, 1.82) is 5.26 Å². The van der Waals surface area contributed by atoms with E-state index in [9.17, 15) is 9.65 Å². The molecule has 30 heavy (non-hydrogen) atoms. The van der Waals surface area contributed by atoms with Crippen LogP contribution >= 0.6 is 0 Å². The molecule has 1 fully saturated rings. The van der Waals surface area contributed by atoms with Gasteiger partial charge in [-0.25, -0.2) is 29.9 Å². The van der Waals surface area contributed by atoms with Gasteiger partial charge in [0.2, 0.25) is 0 Å². The van der Waals surface area contributed by atoms with E-state index in [0.29, 0.717) is 22.9 Å². The van der Waals surface area contributed by atoms with Crippen molar-refractivity contribution < 1.29 is 4.39 Å². The summed E-state index contributed by atoms with van der Waals surface area (Å²) in [5.41, 5.74) is 9.57. The molecule has 0 aliphatic carbocycles. The fraction of sp³-hybridized carbons (Fsp3) is 0.333. The SMILES string of the molecule is CCC1C(Nc2cc(-n3nc(C)c(C#N)c3C)ncn2)NNC1c1ccc(F)cc1. The molecular weight excluding hydrogens is 383 g/mol. The van der Waals surface area contributed by atoms with E-state index in [0.717, 1.165) is 17.7 Å². The van der Waals surface area contributed by atoms with E-state index >= 15 is 0 Å². The molecule has 3 aromatic rings. The maximum Gasteiger partial charge on any atom is 0.159 e. The minimum absolute atomic E-state index is 0.0450. The molecule has 0 radical (unpaired) electrons. The van der Waals surface area contributed by atoms with Crippen molar-refractivity contribution in [3.8, 4) is 11.9 Å². The van der Waals surface area contributed by atoms with Gasteiger partial charge >= 0.3 is 0 Å². The van der Waals surface area contributed by atoms with Gasteiger partial charge in [-0.3, -0.25) is 0 Å². The lowest BCUT2D eigenvalue weighted by Crippen LogP contribution is -2.38. The van der Waals surface area contributed by atoms with Gasteiger partial charge in [-0.2, -0.15) is 10.4 Å². The lowest BCUT2D eigenvalue weighted by atomic mass is 9.90. The van der Waals surface area contributed by atoms with E-state index in [2.05, 4.69) is 44.2 Å². The number of benzene rings is 1. The Morgan fingerprint density at radius 1 is 1.20 bits per heavy atom. The zero-order chi connectivity index (χ0) is 21.3. The highest BCUT2D eigenvalue weighted by atomic mass is 19.1. The number of hydrogen-bond donors (Lipinski definition) is 3. The molecule has 4 rings (SSSR count). The molecule has 1 aliphatic rings. The molecule has 3 N–H and O–H groups in total. The predicted molar refractivity (Wildman–Crippen MR) is 110 cm³/mol. The Morgan fingerprint density at radius 3 is 2.63 bits per heavy atom. The summed E-state index contributed by atoms with van der Waals surface area (Å²) in [5, 5.41) is 17.2. The molecule has 0 amide bonds. The second kappa shape index (κ2) is 8.18. The van der Waals surface area contributed by atoms with Crippen molar-refractivity contribution in [1.82, 2.24) is 30.6 Å². The third-order valence-electron chi connectivity index (χ3n) is 5.53. The van der Waals surface area contributed by atoms with E-state index in [1.54, 1.807) is 29.8 Å². The summed E-state index contributed by atoms with van der Waals surface area (Å²) >= 11 is 0. The molecule has 3 heterocycles. The van der Waals surface area contributed by atoms with Gasteiger partial charge in [-0.1, -0.05) is 19.1 Å². The second-order valence-corrected chi connectivity index (χ2v) is 7.34. The van der Waals surface area contributed by atoms with Crippen molar-refractivity contribution in [2.75, 3.05) is 5.32 Å². The number of aryl methyl sites for hydroxylation is 1. The van der Waals surface area contributed by atoms with E-state index in [4.69, 9.17) is 0 Å². The van der Waals surface area contributed by atoms with Crippen molar-refractivity contribution in [2.45, 2.75) is 39.4 Å². The van der Waals surface area contributed by atoms with Gasteiger partial charge in [-0.05, 0) is 38.0 Å². The number of rotatable bonds is 5. The number of nitrogens with one attached hydrogen (secondary N) is 3. The molecule has 154 valence electrons. The van der Waals surface area contributed by atoms with E-state index in [1.165, 1.54) is 18.5 Å². The zero-order valence-electron chi connectivity index (χ0n) is 17.0. The fourth-order valence-electron chi connectivity index (χ4n) is 3.93. The number of hydrogen-bond acceptors (Lipinski definition) is 7. The summed E-state index contributed by atoms with van der Waals surface area (Å²) in [4.78, 5) is 8.65. The summed E-state index contributed by atoms with van der Waals surface area (Å²) in [6.45, 7) is 5.77. The average Bonchev–Trinajstić information content (AvgIpc) is 3.28. The van der Waals surface area contributed by atoms with Gasteiger partial charge in [0, 0.05) is 12.0 Å². The van der Waals surface area contributed by atoms with Gasteiger partial charge in [0.25, 0.3) is 0 Å². The lowest BCUT2D eigenvalue weighted by Gasteiger charge is -2.23. The van der Waals surface area contributed by atoms with Gasteiger partial charge < -0.3 is 5.32 Å². The maximum absolute atomic E-state index is 13.3. The van der Waals surface area contributed by atoms with Crippen molar-refractivity contribution in [3.63, 3.8) is 0 Å². The fourth-order valence-corrected chi connectivity index (χ4v) is 3.93. The van der Waals surface area contributed by atoms with Crippen LogP contribution in [0.15, 0.2) is 36.7 Å². The number of aromatic nitrogens is 4. The molecule has 8 nitrogen and oxygen atoms in total. The van der Waals surface area contributed by atoms with Crippen LogP contribution in [0.4, 0.5) is 10.2 Å². The molecule has 1 aliphatic heterocycles. The van der Waals surface area contributed by atoms with Crippen molar-refractivity contribution in [2.24, 2.45) is 5.92 Å². The molecule has 1 saturated heterocycles. The summed E-state index contributed by atoms with van der Waals surface area (Å²) in [6.07, 6.45) is 2.30. The number of nitrogens with zero attached hydrogens (tertiary/aromatic N) is 5. The Kier molecular flexibility index (Phi) is 5.44. The predicted octanol–water partition coefficient (Wildman–Crippen LogP) is 2.90. The topological polar surface area (TPSA) is 103 Å². The van der Waals surface area contributed by atoms with Gasteiger partial charge in [0.15, 0.2) is 5.82 Å². The largest absolute Gasteiger partial charge is 0.353 e. The zero-order valence-corrected chi connectivity index (χ0v) is 17.0. The van der Waals surface area contributed by atoms with Crippen LogP contribution in [0.3, 0.4) is 0 Å². The first-order chi connectivity index (χ1) is 14.5. The van der Waals surface area contributed by atoms with Crippen LogP contribution in [0.2, 0.25) is 0 Å². The molecule has 0 spiro atoms. The van der Waals surface area contributed by atoms with Gasteiger partial charge in [-0.15, -0.1) is 0 Å². The summed E-state index contributed by atoms with van der Waals surface area (Å²) in [7, 11) is 0. The van der Waals surface area contributed by atoms with Crippen molar-refractivity contribution in [3.05, 3.63) is 65.0 Å². The highest BCUT2D eigenvalue weighted by Gasteiger charge is 2.35. The first-order valence-corrected chi connectivity index (χ1v) is 9.83. The first kappa shape index (κ1) is 19.9. The minimum atomic E-state index is -0.246. The summed E-state index contributed by atoms with van der Waals surface area (Å²) < 4.78 is 14.9. The molecule has 3 unspecified atom stereocenters. The molecule has 1 aromatic carbocycles. The van der Waals surface area contributed by atoms with Crippen LogP contribution in [-0.4, -0.2) is 25.9 Å². The summed E-state index contributed by atoms with van der Waals surface area (Å²) in [5.74, 6) is 1.20. The van der Waals surface area contributed by atoms with Crippen LogP contribution in [0, 0.1) is 36.9 Å². The standard InChI is InChI=1S/C21H23FN8/c1-4-16-20(14-5-7-15(22)8-6-14)27-28-21(16)26-18-9-19(25-11-24-18)30-13(3)17(10-23)12(2)29-30/h5-9,11,16,20-21,27-28H,4H2,1-3H3,(H,24,25,26). The minimum Gasteiger partial charge on any atom is -0.353 e. The van der Waals surface area contributed by atoms with Crippen LogP contribution < -0.4 is 16.2 Å². The van der Waals surface area contributed by atoms with Crippen LogP contribution in [0.5, 0.6) is 0 Å². The van der Waals surface area contributed by atoms with E-state index in [1.807, 2.05) is 6.92 Å². The van der Waals surface area contributed by atoms with Gasteiger partial charge in [0.05, 0.1) is 29.2 Å². The van der Waals surface area contributed by atoms with E-state index < -0.39 is 0 Å². The number of halogens is 1. The normalized spacial score (nSPS) is 20.8. The number of nitriles is 1. The molecule has 9 heteroatoms.